The van der Waals surface area contributed by atoms with Gasteiger partial charge in [0.15, 0.2) is 17.2 Å². The van der Waals surface area contributed by atoms with Crippen molar-refractivity contribution >= 4 is 21.9 Å². The molecule has 6 nitrogen and oxygen atoms in total. The number of hydrogen-bond donors (Lipinski definition) is 0. The van der Waals surface area contributed by atoms with Crippen molar-refractivity contribution in [2.45, 2.75) is 13.0 Å². The fraction of sp³-hybridized carbons (Fsp3) is 0.125. The molecular weight excluding hydrogens is 378 g/mol. The lowest BCUT2D eigenvalue weighted by Gasteiger charge is -2.20. The molecule has 5 rings (SSSR count). The highest BCUT2D eigenvalue weighted by molar-refractivity contribution is 5.91. The third-order valence-electron chi connectivity index (χ3n) is 5.56. The number of nitrogens with zero attached hydrogens (tertiary/aromatic N) is 3. The van der Waals surface area contributed by atoms with Crippen molar-refractivity contribution in [3.8, 4) is 11.6 Å². The summed E-state index contributed by atoms with van der Waals surface area (Å²) in [6.07, 6.45) is 1.54. The first-order chi connectivity index (χ1) is 14.6. The molecule has 0 spiro atoms. The second kappa shape index (κ2) is 6.84. The number of furan rings is 1. The highest BCUT2D eigenvalue weighted by atomic mass is 16.3. The maximum atomic E-state index is 13.7. The Bertz CT molecular complexity index is 1500. The van der Waals surface area contributed by atoms with Crippen LogP contribution < -0.4 is 11.0 Å². The molecule has 0 unspecified atom stereocenters. The number of para-hydroxylation sites is 1. The SMILES string of the molecule is C[C@@H](c1ccccc1)n1c(-c2ccco2)nc2c(c(=O)c3ccccc3n2C)c1=O. The van der Waals surface area contributed by atoms with E-state index in [0.717, 1.165) is 11.1 Å². The quantitative estimate of drug-likeness (QED) is 0.430. The van der Waals surface area contributed by atoms with Gasteiger partial charge in [0.1, 0.15) is 5.39 Å². The number of fused-ring (bicyclic) bond motifs is 2. The van der Waals surface area contributed by atoms with E-state index in [1.807, 2.05) is 56.4 Å². The summed E-state index contributed by atoms with van der Waals surface area (Å²) in [4.78, 5) is 31.8. The van der Waals surface area contributed by atoms with Gasteiger partial charge in [-0.25, -0.2) is 4.98 Å². The third kappa shape index (κ3) is 2.61. The van der Waals surface area contributed by atoms with Crippen LogP contribution in [0.1, 0.15) is 18.5 Å². The Balaban J connectivity index is 1.96. The van der Waals surface area contributed by atoms with E-state index in [1.165, 1.54) is 0 Å². The van der Waals surface area contributed by atoms with E-state index >= 15 is 0 Å². The summed E-state index contributed by atoms with van der Waals surface area (Å²) in [5.41, 5.74) is 1.31. The normalized spacial score (nSPS) is 12.5. The van der Waals surface area contributed by atoms with Crippen LogP contribution in [0, 0.1) is 0 Å². The van der Waals surface area contributed by atoms with Crippen molar-refractivity contribution in [3.05, 3.63) is 99.1 Å². The molecule has 0 aliphatic carbocycles. The second-order valence-electron chi connectivity index (χ2n) is 7.28. The lowest BCUT2D eigenvalue weighted by Crippen LogP contribution is -2.31. The highest BCUT2D eigenvalue weighted by Crippen LogP contribution is 2.26. The van der Waals surface area contributed by atoms with E-state index in [0.29, 0.717) is 22.6 Å². The number of aryl methyl sites for hydroxylation is 1. The van der Waals surface area contributed by atoms with Crippen LogP contribution in [0.3, 0.4) is 0 Å². The first-order valence-corrected chi connectivity index (χ1v) is 9.70. The number of benzene rings is 2. The molecule has 5 aromatic rings. The fourth-order valence-electron chi connectivity index (χ4n) is 3.99. The van der Waals surface area contributed by atoms with Crippen LogP contribution in [0.2, 0.25) is 0 Å². The molecule has 0 fully saturated rings. The monoisotopic (exact) mass is 397 g/mol. The Morgan fingerprint density at radius 2 is 1.67 bits per heavy atom. The molecule has 148 valence electrons. The van der Waals surface area contributed by atoms with Gasteiger partial charge >= 0.3 is 0 Å². The molecular formula is C24H19N3O3. The first kappa shape index (κ1) is 18.1. The van der Waals surface area contributed by atoms with Crippen LogP contribution in [0.4, 0.5) is 0 Å². The summed E-state index contributed by atoms with van der Waals surface area (Å²) < 4.78 is 8.94. The summed E-state index contributed by atoms with van der Waals surface area (Å²) in [6.45, 7) is 1.92. The largest absolute Gasteiger partial charge is 0.461 e. The predicted molar refractivity (Wildman–Crippen MR) is 117 cm³/mol. The minimum absolute atomic E-state index is 0.0780. The van der Waals surface area contributed by atoms with Crippen LogP contribution >= 0.6 is 0 Å². The summed E-state index contributed by atoms with van der Waals surface area (Å²) in [5.74, 6) is 0.858. The van der Waals surface area contributed by atoms with Crippen LogP contribution in [0.25, 0.3) is 33.5 Å². The Kier molecular flexibility index (Phi) is 4.13. The molecule has 0 aliphatic heterocycles. The van der Waals surface area contributed by atoms with Crippen molar-refractivity contribution in [1.82, 2.24) is 14.1 Å². The van der Waals surface area contributed by atoms with Crippen LogP contribution in [-0.4, -0.2) is 14.1 Å². The number of pyridine rings is 1. The maximum Gasteiger partial charge on any atom is 0.267 e. The minimum Gasteiger partial charge on any atom is -0.461 e. The smallest absolute Gasteiger partial charge is 0.267 e. The lowest BCUT2D eigenvalue weighted by atomic mass is 10.1. The number of rotatable bonds is 3. The fourth-order valence-corrected chi connectivity index (χ4v) is 3.99. The molecule has 0 saturated heterocycles. The van der Waals surface area contributed by atoms with Gasteiger partial charge in [-0.3, -0.25) is 14.2 Å². The summed E-state index contributed by atoms with van der Waals surface area (Å²) in [5, 5.41) is 0.574. The zero-order chi connectivity index (χ0) is 20.8. The number of aromatic nitrogens is 3. The molecule has 0 radical (unpaired) electrons. The highest BCUT2D eigenvalue weighted by Gasteiger charge is 2.23. The molecule has 0 bridgehead atoms. The topological polar surface area (TPSA) is 70.0 Å². The molecule has 0 saturated carbocycles. The third-order valence-corrected chi connectivity index (χ3v) is 5.56. The maximum absolute atomic E-state index is 13.7. The van der Waals surface area contributed by atoms with E-state index in [9.17, 15) is 9.59 Å². The van der Waals surface area contributed by atoms with E-state index in [4.69, 9.17) is 9.40 Å². The van der Waals surface area contributed by atoms with Gasteiger partial charge < -0.3 is 8.98 Å². The van der Waals surface area contributed by atoms with Gasteiger partial charge in [0.05, 0.1) is 17.8 Å². The molecule has 0 aliphatic rings. The number of hydrogen-bond acceptors (Lipinski definition) is 4. The lowest BCUT2D eigenvalue weighted by molar-refractivity contribution is 0.551. The van der Waals surface area contributed by atoms with Gasteiger partial charge in [0.25, 0.3) is 5.56 Å². The van der Waals surface area contributed by atoms with Crippen LogP contribution in [0.15, 0.2) is 87.0 Å². The van der Waals surface area contributed by atoms with Crippen molar-refractivity contribution in [3.63, 3.8) is 0 Å². The van der Waals surface area contributed by atoms with Crippen molar-refractivity contribution < 1.29 is 4.42 Å². The minimum atomic E-state index is -0.380. The van der Waals surface area contributed by atoms with Gasteiger partial charge in [-0.15, -0.1) is 0 Å². The predicted octanol–water partition coefficient (Wildman–Crippen LogP) is 4.12. The Morgan fingerprint density at radius 3 is 2.40 bits per heavy atom. The van der Waals surface area contributed by atoms with Crippen LogP contribution in [-0.2, 0) is 7.05 Å². The summed E-state index contributed by atoms with van der Waals surface area (Å²) >= 11 is 0. The molecule has 2 aromatic carbocycles. The summed E-state index contributed by atoms with van der Waals surface area (Å²) in [6, 6.07) is 20.1. The van der Waals surface area contributed by atoms with Gasteiger partial charge in [0, 0.05) is 12.4 Å². The first-order valence-electron chi connectivity index (χ1n) is 9.70. The second-order valence-corrected chi connectivity index (χ2v) is 7.28. The van der Waals surface area contributed by atoms with Gasteiger partial charge in [-0.1, -0.05) is 42.5 Å². The molecule has 30 heavy (non-hydrogen) atoms. The molecule has 0 amide bonds. The van der Waals surface area contributed by atoms with Gasteiger partial charge in [0.2, 0.25) is 5.43 Å². The van der Waals surface area contributed by atoms with Crippen molar-refractivity contribution in [2.24, 2.45) is 7.05 Å². The van der Waals surface area contributed by atoms with Crippen molar-refractivity contribution in [1.29, 1.82) is 0 Å². The average molecular weight is 397 g/mol. The van der Waals surface area contributed by atoms with E-state index < -0.39 is 0 Å². The Hall–Kier alpha value is -3.93. The zero-order valence-electron chi connectivity index (χ0n) is 16.6. The van der Waals surface area contributed by atoms with E-state index in [1.54, 1.807) is 39.7 Å². The van der Waals surface area contributed by atoms with E-state index in [2.05, 4.69) is 0 Å². The van der Waals surface area contributed by atoms with Crippen molar-refractivity contribution in [2.75, 3.05) is 0 Å². The van der Waals surface area contributed by atoms with Crippen LogP contribution in [0.5, 0.6) is 0 Å². The van der Waals surface area contributed by atoms with E-state index in [-0.39, 0.29) is 22.4 Å². The summed E-state index contributed by atoms with van der Waals surface area (Å²) in [7, 11) is 1.81. The molecule has 6 heteroatoms. The standard InChI is InChI=1S/C24H19N3O3/c1-15(16-9-4-3-5-10-16)27-22(19-13-8-14-30-19)25-23-20(24(27)29)21(28)17-11-6-7-12-18(17)26(23)2/h3-15H,1-2H3/t15-/m0/s1. The molecule has 3 aromatic heterocycles. The van der Waals surface area contributed by atoms with Gasteiger partial charge in [-0.2, -0.15) is 0 Å². The zero-order valence-corrected chi connectivity index (χ0v) is 16.6. The van der Waals surface area contributed by atoms with Gasteiger partial charge in [-0.05, 0) is 36.8 Å². The molecule has 3 heterocycles. The Morgan fingerprint density at radius 1 is 0.933 bits per heavy atom. The Labute approximate surface area is 171 Å². The average Bonchev–Trinajstić information content (AvgIpc) is 3.32. The molecule has 1 atom stereocenters. The molecule has 0 N–H and O–H groups in total.